The first-order valence-corrected chi connectivity index (χ1v) is 10.3. The van der Waals surface area contributed by atoms with E-state index in [2.05, 4.69) is 27.2 Å². The van der Waals surface area contributed by atoms with Crippen LogP contribution in [0.3, 0.4) is 0 Å². The molecule has 0 amide bonds. The van der Waals surface area contributed by atoms with Gasteiger partial charge in [0.2, 0.25) is 0 Å². The van der Waals surface area contributed by atoms with Crippen molar-refractivity contribution >= 4 is 57.0 Å². The normalized spacial score (nSPS) is 15.8. The number of benzene rings is 1. The Morgan fingerprint density at radius 2 is 1.93 bits per heavy atom. The van der Waals surface area contributed by atoms with E-state index < -0.39 is 0 Å². The molecule has 1 aromatic carbocycles. The first kappa shape index (κ1) is 20.8. The van der Waals surface area contributed by atoms with Gasteiger partial charge in [-0.1, -0.05) is 35.3 Å². The van der Waals surface area contributed by atoms with Gasteiger partial charge in [-0.15, -0.1) is 11.3 Å². The number of carboxylic acid groups (broad SMARTS) is 1. The summed E-state index contributed by atoms with van der Waals surface area (Å²) < 4.78 is 1.08. The van der Waals surface area contributed by atoms with E-state index in [0.29, 0.717) is 10.0 Å². The van der Waals surface area contributed by atoms with E-state index in [1.54, 1.807) is 23.7 Å². The molecule has 0 atom stereocenters. The molecule has 2 aromatic heterocycles. The van der Waals surface area contributed by atoms with E-state index in [4.69, 9.17) is 38.8 Å². The molecule has 1 saturated heterocycles. The molecule has 1 fully saturated rings. The molecule has 0 aliphatic carbocycles. The van der Waals surface area contributed by atoms with Gasteiger partial charge in [0.1, 0.15) is 12.1 Å². The van der Waals surface area contributed by atoms with Gasteiger partial charge < -0.3 is 15.7 Å². The number of rotatable bonds is 2. The Balaban J connectivity index is 0.000000706. The van der Waals surface area contributed by atoms with E-state index in [1.807, 2.05) is 12.1 Å². The van der Waals surface area contributed by atoms with E-state index >= 15 is 0 Å². The number of nitrogens with zero attached hydrogens (tertiary/aromatic N) is 3. The van der Waals surface area contributed by atoms with Crippen LogP contribution >= 0.6 is 34.5 Å². The lowest BCUT2D eigenvalue weighted by Crippen LogP contribution is -2.48. The SMILES string of the molecule is CC1(N)CCN(c2ncnc3c(-c4cccc(Cl)c4Cl)csc23)CC1.O=CO. The van der Waals surface area contributed by atoms with Crippen LogP contribution in [0.2, 0.25) is 10.0 Å². The van der Waals surface area contributed by atoms with E-state index in [9.17, 15) is 0 Å². The molecule has 0 unspecified atom stereocenters. The first-order valence-electron chi connectivity index (χ1n) is 8.66. The van der Waals surface area contributed by atoms with Crippen LogP contribution in [0.5, 0.6) is 0 Å². The average molecular weight is 439 g/mol. The Morgan fingerprint density at radius 1 is 1.25 bits per heavy atom. The highest BCUT2D eigenvalue weighted by Gasteiger charge is 2.28. The zero-order chi connectivity index (χ0) is 20.3. The van der Waals surface area contributed by atoms with Crippen LogP contribution in [-0.2, 0) is 4.79 Å². The fourth-order valence-corrected chi connectivity index (χ4v) is 4.63. The van der Waals surface area contributed by atoms with Crippen molar-refractivity contribution in [3.05, 3.63) is 40.0 Å². The minimum Gasteiger partial charge on any atom is -0.483 e. The lowest BCUT2D eigenvalue weighted by atomic mass is 9.91. The topological polar surface area (TPSA) is 92.3 Å². The van der Waals surface area contributed by atoms with Crippen molar-refractivity contribution in [2.24, 2.45) is 5.73 Å². The summed E-state index contributed by atoms with van der Waals surface area (Å²) in [6, 6.07) is 5.67. The first-order chi connectivity index (χ1) is 13.4. The van der Waals surface area contributed by atoms with Crippen molar-refractivity contribution < 1.29 is 9.90 Å². The zero-order valence-corrected chi connectivity index (χ0v) is 17.6. The molecule has 1 aliphatic heterocycles. The Morgan fingerprint density at radius 3 is 2.61 bits per heavy atom. The standard InChI is InChI=1S/C18H18Cl2N4S.CH2O2/c1-18(21)5-7-24(8-6-18)17-16-15(22-10-23-17)12(9-25-16)11-3-2-4-13(19)14(11)20;2-1-3/h2-4,9-10H,5-8,21H2,1H3;1H,(H,2,3). The predicted molar refractivity (Wildman–Crippen MR) is 116 cm³/mol. The molecule has 1 aliphatic rings. The number of hydrogen-bond acceptors (Lipinski definition) is 6. The van der Waals surface area contributed by atoms with Gasteiger partial charge in [-0.2, -0.15) is 0 Å². The molecule has 3 heterocycles. The van der Waals surface area contributed by atoms with E-state index in [0.717, 1.165) is 53.1 Å². The molecule has 3 N–H and O–H groups in total. The number of thiophene rings is 1. The van der Waals surface area contributed by atoms with Gasteiger partial charge in [-0.25, -0.2) is 9.97 Å². The maximum absolute atomic E-state index is 8.36. The number of nitrogens with two attached hydrogens (primary N) is 1. The second kappa shape index (κ2) is 8.61. The third kappa shape index (κ3) is 4.22. The highest BCUT2D eigenvalue weighted by atomic mass is 35.5. The van der Waals surface area contributed by atoms with Crippen LogP contribution in [0.4, 0.5) is 5.82 Å². The molecule has 6 nitrogen and oxygen atoms in total. The summed E-state index contributed by atoms with van der Waals surface area (Å²) in [7, 11) is 0. The van der Waals surface area contributed by atoms with Gasteiger partial charge in [-0.05, 0) is 25.8 Å². The Kier molecular flexibility index (Phi) is 6.40. The fraction of sp³-hybridized carbons (Fsp3) is 0.316. The lowest BCUT2D eigenvalue weighted by molar-refractivity contribution is -0.122. The monoisotopic (exact) mass is 438 g/mol. The van der Waals surface area contributed by atoms with Crippen LogP contribution in [-0.4, -0.2) is 40.2 Å². The predicted octanol–water partition coefficient (Wildman–Crippen LogP) is 4.68. The number of carbonyl (C=O) groups is 1. The van der Waals surface area contributed by atoms with Crippen molar-refractivity contribution in [1.29, 1.82) is 0 Å². The average Bonchev–Trinajstić information content (AvgIpc) is 3.09. The van der Waals surface area contributed by atoms with Crippen LogP contribution in [0, 0.1) is 0 Å². The fourth-order valence-electron chi connectivity index (χ4n) is 3.20. The highest BCUT2D eigenvalue weighted by molar-refractivity contribution is 7.18. The summed E-state index contributed by atoms with van der Waals surface area (Å²) in [6.07, 6.45) is 3.54. The van der Waals surface area contributed by atoms with Crippen LogP contribution in [0.25, 0.3) is 21.3 Å². The summed E-state index contributed by atoms with van der Waals surface area (Å²) in [6.45, 7) is 3.68. The van der Waals surface area contributed by atoms with Crippen LogP contribution in [0.15, 0.2) is 29.9 Å². The van der Waals surface area contributed by atoms with Crippen molar-refractivity contribution in [2.45, 2.75) is 25.3 Å². The summed E-state index contributed by atoms with van der Waals surface area (Å²) >= 11 is 14.2. The van der Waals surface area contributed by atoms with Gasteiger partial charge in [0.25, 0.3) is 6.47 Å². The van der Waals surface area contributed by atoms with Crippen molar-refractivity contribution in [3.8, 4) is 11.1 Å². The highest BCUT2D eigenvalue weighted by Crippen LogP contribution is 2.41. The second-order valence-electron chi connectivity index (χ2n) is 6.87. The molecule has 0 spiro atoms. The lowest BCUT2D eigenvalue weighted by Gasteiger charge is -2.37. The smallest absolute Gasteiger partial charge is 0.290 e. The molecule has 0 bridgehead atoms. The Hall–Kier alpha value is -1.93. The van der Waals surface area contributed by atoms with Gasteiger partial charge in [-0.3, -0.25) is 4.79 Å². The van der Waals surface area contributed by atoms with Gasteiger partial charge in [0.05, 0.1) is 20.3 Å². The number of piperidine rings is 1. The molecule has 3 aromatic rings. The summed E-state index contributed by atoms with van der Waals surface area (Å²) in [4.78, 5) is 19.7. The molecule has 148 valence electrons. The van der Waals surface area contributed by atoms with Crippen molar-refractivity contribution in [2.75, 3.05) is 18.0 Å². The van der Waals surface area contributed by atoms with Crippen LogP contribution < -0.4 is 10.6 Å². The van der Waals surface area contributed by atoms with Gasteiger partial charge >= 0.3 is 0 Å². The summed E-state index contributed by atoms with van der Waals surface area (Å²) in [5.74, 6) is 0.981. The molecule has 28 heavy (non-hydrogen) atoms. The molecule has 0 saturated carbocycles. The molecule has 4 rings (SSSR count). The van der Waals surface area contributed by atoms with Crippen molar-refractivity contribution in [1.82, 2.24) is 9.97 Å². The molecular weight excluding hydrogens is 419 g/mol. The maximum Gasteiger partial charge on any atom is 0.290 e. The number of halogens is 2. The van der Waals surface area contributed by atoms with E-state index in [-0.39, 0.29) is 12.0 Å². The summed E-state index contributed by atoms with van der Waals surface area (Å²) in [5.41, 5.74) is 8.99. The Bertz CT molecular complexity index is 983. The van der Waals surface area contributed by atoms with Gasteiger partial charge in [0.15, 0.2) is 0 Å². The third-order valence-electron chi connectivity index (χ3n) is 4.78. The quantitative estimate of drug-likeness (QED) is 0.563. The minimum absolute atomic E-state index is 0.0857. The van der Waals surface area contributed by atoms with E-state index in [1.165, 1.54) is 0 Å². The summed E-state index contributed by atoms with van der Waals surface area (Å²) in [5, 5.41) is 10.1. The number of aromatic nitrogens is 2. The largest absolute Gasteiger partial charge is 0.483 e. The molecular formula is C19H20Cl2N4O2S. The number of anilines is 1. The Labute approximate surface area is 176 Å². The maximum atomic E-state index is 8.36. The number of hydrogen-bond donors (Lipinski definition) is 2. The molecule has 9 heteroatoms. The van der Waals surface area contributed by atoms with Crippen molar-refractivity contribution in [3.63, 3.8) is 0 Å². The number of fused-ring (bicyclic) bond motifs is 1. The molecule has 0 radical (unpaired) electrons. The van der Waals surface area contributed by atoms with Crippen LogP contribution in [0.1, 0.15) is 19.8 Å². The van der Waals surface area contributed by atoms with Gasteiger partial charge in [0, 0.05) is 35.1 Å². The minimum atomic E-state index is -0.250. The second-order valence-corrected chi connectivity index (χ2v) is 8.54. The third-order valence-corrected chi connectivity index (χ3v) is 6.57. The zero-order valence-electron chi connectivity index (χ0n) is 15.2.